The summed E-state index contributed by atoms with van der Waals surface area (Å²) in [5.41, 5.74) is 3.01. The minimum atomic E-state index is -1.15. The number of hydrogen-bond acceptors (Lipinski definition) is 5. The first kappa shape index (κ1) is 21.1. The van der Waals surface area contributed by atoms with Gasteiger partial charge in [0.05, 0.1) is 0 Å². The summed E-state index contributed by atoms with van der Waals surface area (Å²) in [5, 5.41) is 2.81. The fourth-order valence-corrected chi connectivity index (χ4v) is 3.20. The summed E-state index contributed by atoms with van der Waals surface area (Å²) in [7, 11) is 0. The minimum absolute atomic E-state index is 0.0351. The number of carbonyl (C=O) groups is 2. The molecule has 4 rings (SSSR count). The van der Waals surface area contributed by atoms with Crippen molar-refractivity contribution in [3.63, 3.8) is 0 Å². The fraction of sp³-hybridized carbons (Fsp3) is 0.115. The molecular formula is C26H22N2O4. The molecule has 0 saturated carbocycles. The number of ether oxygens (including phenoxy) is 1. The Morgan fingerprint density at radius 1 is 0.875 bits per heavy atom. The summed E-state index contributed by atoms with van der Waals surface area (Å²) in [6.07, 6.45) is -1.15. The average molecular weight is 426 g/mol. The number of aromatic nitrogens is 1. The maximum atomic E-state index is 13.0. The van der Waals surface area contributed by atoms with Crippen molar-refractivity contribution in [2.45, 2.75) is 20.0 Å². The van der Waals surface area contributed by atoms with Crippen LogP contribution in [0.5, 0.6) is 0 Å². The lowest BCUT2D eigenvalue weighted by molar-refractivity contribution is -0.125. The molecule has 3 aromatic carbocycles. The lowest BCUT2D eigenvalue weighted by Crippen LogP contribution is -2.26. The first-order chi connectivity index (χ1) is 15.5. The van der Waals surface area contributed by atoms with E-state index in [1.54, 1.807) is 43.3 Å². The van der Waals surface area contributed by atoms with E-state index in [0.717, 1.165) is 11.1 Å². The van der Waals surface area contributed by atoms with Crippen LogP contribution in [0.2, 0.25) is 0 Å². The third-order valence-electron chi connectivity index (χ3n) is 4.90. The zero-order valence-corrected chi connectivity index (χ0v) is 17.7. The predicted molar refractivity (Wildman–Crippen MR) is 121 cm³/mol. The molecule has 0 spiro atoms. The van der Waals surface area contributed by atoms with Crippen LogP contribution in [0, 0.1) is 13.8 Å². The van der Waals surface area contributed by atoms with E-state index in [-0.39, 0.29) is 5.69 Å². The molecule has 32 heavy (non-hydrogen) atoms. The van der Waals surface area contributed by atoms with E-state index >= 15 is 0 Å². The second-order valence-corrected chi connectivity index (χ2v) is 7.34. The number of hydrogen-bond donors (Lipinski definition) is 1. The van der Waals surface area contributed by atoms with Gasteiger partial charge in [-0.1, -0.05) is 66.2 Å². The van der Waals surface area contributed by atoms with E-state index in [2.05, 4.69) is 10.3 Å². The molecule has 0 radical (unpaired) electrons. The number of oxazole rings is 1. The molecule has 0 aliphatic heterocycles. The van der Waals surface area contributed by atoms with Crippen LogP contribution in [0.25, 0.3) is 11.5 Å². The summed E-state index contributed by atoms with van der Waals surface area (Å²) < 4.78 is 11.3. The van der Waals surface area contributed by atoms with Crippen LogP contribution in [-0.2, 0) is 9.53 Å². The van der Waals surface area contributed by atoms with E-state index in [1.807, 2.05) is 55.5 Å². The molecule has 0 aliphatic carbocycles. The normalized spacial score (nSPS) is 11.6. The molecule has 0 saturated heterocycles. The third kappa shape index (κ3) is 4.75. The fourth-order valence-electron chi connectivity index (χ4n) is 3.20. The average Bonchev–Trinajstić information content (AvgIpc) is 3.21. The van der Waals surface area contributed by atoms with Gasteiger partial charge in [0.25, 0.3) is 5.91 Å². The first-order valence-electron chi connectivity index (χ1n) is 10.2. The quantitative estimate of drug-likeness (QED) is 0.412. The molecule has 4 aromatic rings. The van der Waals surface area contributed by atoms with Crippen molar-refractivity contribution in [2.24, 2.45) is 0 Å². The van der Waals surface area contributed by atoms with Crippen molar-refractivity contribution >= 4 is 17.6 Å². The Balaban J connectivity index is 1.59. The van der Waals surface area contributed by atoms with Crippen molar-refractivity contribution in [1.29, 1.82) is 0 Å². The Bertz CT molecular complexity index is 1220. The number of benzene rings is 3. The van der Waals surface area contributed by atoms with Gasteiger partial charge >= 0.3 is 5.97 Å². The number of esters is 1. The molecular weight excluding hydrogens is 404 g/mol. The lowest BCUT2D eigenvalue weighted by atomic mass is 10.1. The molecule has 0 fully saturated rings. The Hall–Kier alpha value is -4.19. The van der Waals surface area contributed by atoms with Crippen LogP contribution >= 0.6 is 0 Å². The van der Waals surface area contributed by atoms with E-state index in [4.69, 9.17) is 9.15 Å². The molecule has 0 unspecified atom stereocenters. The lowest BCUT2D eigenvalue weighted by Gasteiger charge is -2.17. The summed E-state index contributed by atoms with van der Waals surface area (Å²) in [5.74, 6) is -0.561. The largest absolute Gasteiger partial charge is 0.442 e. The highest BCUT2D eigenvalue weighted by Gasteiger charge is 2.28. The van der Waals surface area contributed by atoms with Gasteiger partial charge in [-0.2, -0.15) is 0 Å². The number of rotatable bonds is 6. The second kappa shape index (κ2) is 9.31. The first-order valence-corrected chi connectivity index (χ1v) is 10.2. The zero-order valence-electron chi connectivity index (χ0n) is 17.7. The van der Waals surface area contributed by atoms with Crippen LogP contribution in [-0.4, -0.2) is 16.9 Å². The smallest absolute Gasteiger partial charge is 0.361 e. The van der Waals surface area contributed by atoms with Gasteiger partial charge in [-0.3, -0.25) is 4.79 Å². The molecule has 1 N–H and O–H groups in total. The van der Waals surface area contributed by atoms with Crippen molar-refractivity contribution in [1.82, 2.24) is 4.98 Å². The minimum Gasteiger partial charge on any atom is -0.442 e. The van der Waals surface area contributed by atoms with Gasteiger partial charge in [-0.05, 0) is 38.1 Å². The van der Waals surface area contributed by atoms with Crippen molar-refractivity contribution < 1.29 is 18.7 Å². The maximum Gasteiger partial charge on any atom is 0.361 e. The highest BCUT2D eigenvalue weighted by molar-refractivity contribution is 5.98. The topological polar surface area (TPSA) is 81.4 Å². The maximum absolute atomic E-state index is 13.0. The SMILES string of the molecule is Cc1ccc(NC(=O)[C@@H](OC(=O)c2nc(-c3ccccc3)oc2C)c2ccccc2)cc1. The van der Waals surface area contributed by atoms with Gasteiger partial charge in [0.15, 0.2) is 5.69 Å². The number of anilines is 1. The van der Waals surface area contributed by atoms with E-state index in [0.29, 0.717) is 22.9 Å². The van der Waals surface area contributed by atoms with Gasteiger partial charge < -0.3 is 14.5 Å². The Morgan fingerprint density at radius 2 is 1.50 bits per heavy atom. The van der Waals surface area contributed by atoms with Gasteiger partial charge in [-0.15, -0.1) is 0 Å². The van der Waals surface area contributed by atoms with Crippen LogP contribution in [0.3, 0.4) is 0 Å². The molecule has 1 aromatic heterocycles. The summed E-state index contributed by atoms with van der Waals surface area (Å²) in [6, 6.07) is 25.5. The Morgan fingerprint density at radius 3 is 2.16 bits per heavy atom. The number of carbonyl (C=O) groups excluding carboxylic acids is 2. The van der Waals surface area contributed by atoms with Crippen molar-refractivity contribution in [3.05, 3.63) is 108 Å². The highest BCUT2D eigenvalue weighted by atomic mass is 16.5. The number of nitrogens with one attached hydrogen (secondary N) is 1. The Kier molecular flexibility index (Phi) is 6.12. The predicted octanol–water partition coefficient (Wildman–Crippen LogP) is 5.50. The van der Waals surface area contributed by atoms with Gasteiger partial charge in [0, 0.05) is 16.8 Å². The molecule has 160 valence electrons. The third-order valence-corrected chi connectivity index (χ3v) is 4.90. The number of aryl methyl sites for hydroxylation is 2. The highest BCUT2D eigenvalue weighted by Crippen LogP contribution is 2.25. The van der Waals surface area contributed by atoms with Gasteiger partial charge in [0.2, 0.25) is 12.0 Å². The van der Waals surface area contributed by atoms with Crippen LogP contribution in [0.1, 0.15) is 33.5 Å². The zero-order chi connectivity index (χ0) is 22.5. The van der Waals surface area contributed by atoms with Crippen molar-refractivity contribution in [2.75, 3.05) is 5.32 Å². The molecule has 6 heteroatoms. The summed E-state index contributed by atoms with van der Waals surface area (Å²) in [4.78, 5) is 30.3. The van der Waals surface area contributed by atoms with E-state index in [1.165, 1.54) is 0 Å². The monoisotopic (exact) mass is 426 g/mol. The number of nitrogens with zero attached hydrogens (tertiary/aromatic N) is 1. The molecule has 0 bridgehead atoms. The second-order valence-electron chi connectivity index (χ2n) is 7.34. The molecule has 6 nitrogen and oxygen atoms in total. The molecule has 1 amide bonds. The summed E-state index contributed by atoms with van der Waals surface area (Å²) in [6.45, 7) is 3.60. The molecule has 0 aliphatic rings. The van der Waals surface area contributed by atoms with Crippen LogP contribution in [0.4, 0.5) is 5.69 Å². The standard InChI is InChI=1S/C26H22N2O4/c1-17-13-15-21(16-14-17)27-24(29)23(19-9-5-3-6-10-19)32-26(30)22-18(2)31-25(28-22)20-11-7-4-8-12-20/h3-16,23H,1-2H3,(H,27,29)/t23-/m0/s1. The molecule has 1 atom stereocenters. The molecule has 1 heterocycles. The van der Waals surface area contributed by atoms with Gasteiger partial charge in [0.1, 0.15) is 5.76 Å². The van der Waals surface area contributed by atoms with Crippen LogP contribution < -0.4 is 5.32 Å². The van der Waals surface area contributed by atoms with Gasteiger partial charge in [-0.25, -0.2) is 9.78 Å². The van der Waals surface area contributed by atoms with E-state index in [9.17, 15) is 9.59 Å². The van der Waals surface area contributed by atoms with Crippen molar-refractivity contribution in [3.8, 4) is 11.5 Å². The van der Waals surface area contributed by atoms with Crippen LogP contribution in [0.15, 0.2) is 89.3 Å². The summed E-state index contributed by atoms with van der Waals surface area (Å²) >= 11 is 0. The number of amides is 1. The Labute approximate surface area is 185 Å². The van der Waals surface area contributed by atoms with E-state index < -0.39 is 18.0 Å².